The molecule has 0 unspecified atom stereocenters. The lowest BCUT2D eigenvalue weighted by Crippen LogP contribution is -2.15. The second-order valence-corrected chi connectivity index (χ2v) is 4.43. The number of anilines is 1. The predicted octanol–water partition coefficient (Wildman–Crippen LogP) is 3.26. The van der Waals surface area contributed by atoms with Gasteiger partial charge in [0.1, 0.15) is 11.3 Å². The summed E-state index contributed by atoms with van der Waals surface area (Å²) in [6.45, 7) is 6.94. The van der Waals surface area contributed by atoms with Crippen LogP contribution in [0, 0.1) is 5.92 Å². The highest BCUT2D eigenvalue weighted by Crippen LogP contribution is 2.25. The van der Waals surface area contributed by atoms with Crippen LogP contribution in [0.5, 0.6) is 5.75 Å². The molecule has 0 bridgehead atoms. The molecule has 4 nitrogen and oxygen atoms in total. The Labute approximate surface area is 114 Å². The molecule has 0 atom stereocenters. The van der Waals surface area contributed by atoms with Crippen LogP contribution in [0.1, 0.15) is 44.0 Å². The van der Waals surface area contributed by atoms with Crippen LogP contribution in [-0.2, 0) is 4.74 Å². The third kappa shape index (κ3) is 4.16. The monoisotopic (exact) mass is 265 g/mol. The SMILES string of the molecule is CCOc1cccc(N)c1C(=O)OCC(CC)CC. The fourth-order valence-electron chi connectivity index (χ4n) is 1.83. The molecule has 19 heavy (non-hydrogen) atoms. The highest BCUT2D eigenvalue weighted by Gasteiger charge is 2.18. The lowest BCUT2D eigenvalue weighted by Gasteiger charge is -2.15. The molecule has 1 aromatic carbocycles. The molecule has 0 aliphatic rings. The van der Waals surface area contributed by atoms with Crippen LogP contribution in [0.15, 0.2) is 18.2 Å². The minimum absolute atomic E-state index is 0.329. The topological polar surface area (TPSA) is 61.5 Å². The minimum Gasteiger partial charge on any atom is -0.493 e. The van der Waals surface area contributed by atoms with Gasteiger partial charge in [0.15, 0.2) is 0 Å². The number of hydrogen-bond donors (Lipinski definition) is 1. The molecule has 0 radical (unpaired) electrons. The molecule has 0 saturated heterocycles. The summed E-state index contributed by atoms with van der Waals surface area (Å²) in [4.78, 5) is 12.1. The van der Waals surface area contributed by atoms with E-state index in [1.807, 2.05) is 6.92 Å². The second kappa shape index (κ2) is 7.67. The molecule has 0 aliphatic heterocycles. The van der Waals surface area contributed by atoms with Gasteiger partial charge in [-0.3, -0.25) is 0 Å². The largest absolute Gasteiger partial charge is 0.493 e. The van der Waals surface area contributed by atoms with Crippen molar-refractivity contribution in [1.82, 2.24) is 0 Å². The Bertz CT molecular complexity index is 414. The van der Waals surface area contributed by atoms with E-state index in [-0.39, 0.29) is 0 Å². The van der Waals surface area contributed by atoms with Crippen LogP contribution in [0.2, 0.25) is 0 Å². The van der Waals surface area contributed by atoms with Crippen molar-refractivity contribution in [3.05, 3.63) is 23.8 Å². The summed E-state index contributed by atoms with van der Waals surface area (Å²) in [6.07, 6.45) is 1.98. The zero-order valence-corrected chi connectivity index (χ0v) is 11.9. The van der Waals surface area contributed by atoms with Crippen molar-refractivity contribution in [3.63, 3.8) is 0 Å². The second-order valence-electron chi connectivity index (χ2n) is 4.43. The normalized spacial score (nSPS) is 10.5. The van der Waals surface area contributed by atoms with Crippen LogP contribution < -0.4 is 10.5 Å². The molecule has 0 aromatic heterocycles. The van der Waals surface area contributed by atoms with Gasteiger partial charge in [-0.1, -0.05) is 32.8 Å². The van der Waals surface area contributed by atoms with Gasteiger partial charge in [0.25, 0.3) is 0 Å². The Morgan fingerprint density at radius 3 is 2.53 bits per heavy atom. The number of benzene rings is 1. The molecule has 0 spiro atoms. The summed E-state index contributed by atoms with van der Waals surface area (Å²) < 4.78 is 10.8. The molecule has 0 aliphatic carbocycles. The summed E-state index contributed by atoms with van der Waals surface area (Å²) in [5.41, 5.74) is 6.56. The summed E-state index contributed by atoms with van der Waals surface area (Å²) in [5.74, 6) is 0.468. The lowest BCUT2D eigenvalue weighted by molar-refractivity contribution is 0.0430. The third-order valence-corrected chi connectivity index (χ3v) is 3.17. The Balaban J connectivity index is 2.81. The number of nitrogen functional groups attached to an aromatic ring is 1. The van der Waals surface area contributed by atoms with E-state index in [1.165, 1.54) is 0 Å². The van der Waals surface area contributed by atoms with Gasteiger partial charge < -0.3 is 15.2 Å². The summed E-state index contributed by atoms with van der Waals surface area (Å²) in [5, 5.41) is 0. The molecule has 0 amide bonds. The first-order chi connectivity index (χ1) is 9.13. The summed E-state index contributed by atoms with van der Waals surface area (Å²) in [7, 11) is 0. The molecule has 0 fully saturated rings. The van der Waals surface area contributed by atoms with Gasteiger partial charge in [0.2, 0.25) is 0 Å². The van der Waals surface area contributed by atoms with Crippen molar-refractivity contribution in [2.24, 2.45) is 5.92 Å². The van der Waals surface area contributed by atoms with Gasteiger partial charge in [-0.2, -0.15) is 0 Å². The quantitative estimate of drug-likeness (QED) is 0.607. The first kappa shape index (κ1) is 15.3. The van der Waals surface area contributed by atoms with Gasteiger partial charge >= 0.3 is 5.97 Å². The first-order valence-corrected chi connectivity index (χ1v) is 6.82. The van der Waals surface area contributed by atoms with E-state index in [4.69, 9.17) is 15.2 Å². The number of carbonyl (C=O) groups is 1. The van der Waals surface area contributed by atoms with E-state index in [1.54, 1.807) is 18.2 Å². The maximum Gasteiger partial charge on any atom is 0.344 e. The summed E-state index contributed by atoms with van der Waals surface area (Å²) in [6, 6.07) is 5.17. The maximum absolute atomic E-state index is 12.1. The van der Waals surface area contributed by atoms with Crippen molar-refractivity contribution in [1.29, 1.82) is 0 Å². The van der Waals surface area contributed by atoms with E-state index in [2.05, 4.69) is 13.8 Å². The Morgan fingerprint density at radius 1 is 1.26 bits per heavy atom. The van der Waals surface area contributed by atoms with Crippen LogP contribution in [0.25, 0.3) is 0 Å². The Kier molecular flexibility index (Phi) is 6.19. The number of esters is 1. The molecule has 0 saturated carbocycles. The van der Waals surface area contributed by atoms with Gasteiger partial charge in [-0.05, 0) is 25.0 Å². The highest BCUT2D eigenvalue weighted by molar-refractivity contribution is 5.98. The van der Waals surface area contributed by atoms with Crippen LogP contribution in [-0.4, -0.2) is 19.2 Å². The van der Waals surface area contributed by atoms with Gasteiger partial charge in [-0.15, -0.1) is 0 Å². The molecular weight excluding hydrogens is 242 g/mol. The van der Waals surface area contributed by atoms with Crippen LogP contribution in [0.3, 0.4) is 0 Å². The number of nitrogens with two attached hydrogens (primary N) is 1. The molecule has 1 aromatic rings. The van der Waals surface area contributed by atoms with Crippen molar-refractivity contribution in [2.45, 2.75) is 33.6 Å². The van der Waals surface area contributed by atoms with Gasteiger partial charge in [-0.25, -0.2) is 4.79 Å². The minimum atomic E-state index is -0.409. The average molecular weight is 265 g/mol. The molecule has 4 heteroatoms. The smallest absolute Gasteiger partial charge is 0.344 e. The molecule has 106 valence electrons. The number of hydrogen-bond acceptors (Lipinski definition) is 4. The van der Waals surface area contributed by atoms with Gasteiger partial charge in [0.05, 0.1) is 13.2 Å². The van der Waals surface area contributed by atoms with E-state index in [0.717, 1.165) is 12.8 Å². The molecule has 2 N–H and O–H groups in total. The zero-order chi connectivity index (χ0) is 14.3. The van der Waals surface area contributed by atoms with Crippen LogP contribution >= 0.6 is 0 Å². The van der Waals surface area contributed by atoms with Crippen LogP contribution in [0.4, 0.5) is 5.69 Å². The average Bonchev–Trinajstić information content (AvgIpc) is 2.40. The van der Waals surface area contributed by atoms with E-state index in [0.29, 0.717) is 36.1 Å². The molecular formula is C15H23NO3. The molecule has 1 rings (SSSR count). The fourth-order valence-corrected chi connectivity index (χ4v) is 1.83. The fraction of sp³-hybridized carbons (Fsp3) is 0.533. The third-order valence-electron chi connectivity index (χ3n) is 3.17. The summed E-state index contributed by atoms with van der Waals surface area (Å²) >= 11 is 0. The number of carbonyl (C=O) groups excluding carboxylic acids is 1. The Morgan fingerprint density at radius 2 is 1.95 bits per heavy atom. The number of rotatable bonds is 7. The van der Waals surface area contributed by atoms with E-state index >= 15 is 0 Å². The highest BCUT2D eigenvalue weighted by atomic mass is 16.5. The van der Waals surface area contributed by atoms with Gasteiger partial charge in [0, 0.05) is 5.69 Å². The maximum atomic E-state index is 12.1. The van der Waals surface area contributed by atoms with Crippen molar-refractivity contribution in [2.75, 3.05) is 18.9 Å². The van der Waals surface area contributed by atoms with E-state index < -0.39 is 5.97 Å². The van der Waals surface area contributed by atoms with Crippen molar-refractivity contribution in [3.8, 4) is 5.75 Å². The predicted molar refractivity (Wildman–Crippen MR) is 76.4 cm³/mol. The number of ether oxygens (including phenoxy) is 2. The zero-order valence-electron chi connectivity index (χ0n) is 11.9. The first-order valence-electron chi connectivity index (χ1n) is 6.82. The Hall–Kier alpha value is -1.71. The lowest BCUT2D eigenvalue weighted by atomic mass is 10.1. The standard InChI is InChI=1S/C15H23NO3/c1-4-11(5-2)10-19-15(17)14-12(16)8-7-9-13(14)18-6-3/h7-9,11H,4-6,10,16H2,1-3H3. The van der Waals surface area contributed by atoms with Crippen molar-refractivity contribution >= 4 is 11.7 Å². The van der Waals surface area contributed by atoms with Crippen molar-refractivity contribution < 1.29 is 14.3 Å². The molecule has 0 heterocycles. The van der Waals surface area contributed by atoms with E-state index in [9.17, 15) is 4.79 Å².